The van der Waals surface area contributed by atoms with E-state index in [2.05, 4.69) is 0 Å². The summed E-state index contributed by atoms with van der Waals surface area (Å²) in [6, 6.07) is 13.0. The maximum atomic E-state index is 12.2. The van der Waals surface area contributed by atoms with Crippen molar-refractivity contribution in [3.8, 4) is 11.5 Å². The number of carbonyl (C=O) groups excluding carboxylic acids is 1. The van der Waals surface area contributed by atoms with Gasteiger partial charge in [0.15, 0.2) is 6.61 Å². The van der Waals surface area contributed by atoms with Gasteiger partial charge >= 0.3 is 0 Å². The van der Waals surface area contributed by atoms with Crippen molar-refractivity contribution in [1.29, 1.82) is 0 Å². The van der Waals surface area contributed by atoms with Crippen molar-refractivity contribution in [3.63, 3.8) is 0 Å². The lowest BCUT2D eigenvalue weighted by molar-refractivity contribution is 0.0918. The highest BCUT2D eigenvalue weighted by atomic mass is 16.5. The van der Waals surface area contributed by atoms with Crippen LogP contribution < -0.4 is 9.47 Å². The average Bonchev–Trinajstić information content (AvgIpc) is 2.48. The third-order valence-electron chi connectivity index (χ3n) is 3.32. The van der Waals surface area contributed by atoms with Crippen LogP contribution in [0.25, 0.3) is 0 Å². The summed E-state index contributed by atoms with van der Waals surface area (Å²) in [5, 5.41) is 0. The second kappa shape index (κ2) is 6.24. The summed E-state index contributed by atoms with van der Waals surface area (Å²) >= 11 is 0. The topological polar surface area (TPSA) is 35.5 Å². The molecule has 0 amide bonds. The van der Waals surface area contributed by atoms with Crippen molar-refractivity contribution >= 4 is 5.78 Å². The van der Waals surface area contributed by atoms with E-state index in [-0.39, 0.29) is 12.4 Å². The highest BCUT2D eigenvalue weighted by molar-refractivity contribution is 5.99. The second-order valence-corrected chi connectivity index (χ2v) is 4.61. The first-order valence-electron chi connectivity index (χ1n) is 6.48. The molecule has 0 aromatic heterocycles. The lowest BCUT2D eigenvalue weighted by atomic mass is 10.1. The van der Waals surface area contributed by atoms with Crippen molar-refractivity contribution in [3.05, 3.63) is 59.2 Å². The highest BCUT2D eigenvalue weighted by Gasteiger charge is 2.13. The molecule has 0 radical (unpaired) electrons. The Morgan fingerprint density at radius 3 is 2.45 bits per heavy atom. The summed E-state index contributed by atoms with van der Waals surface area (Å²) in [4.78, 5) is 12.2. The average molecular weight is 270 g/mol. The van der Waals surface area contributed by atoms with Gasteiger partial charge in [0.25, 0.3) is 0 Å². The minimum atomic E-state index is -0.0941. The summed E-state index contributed by atoms with van der Waals surface area (Å²) in [6.45, 7) is 4.01. The zero-order valence-electron chi connectivity index (χ0n) is 12.0. The number of ketones is 1. The molecule has 3 nitrogen and oxygen atoms in total. The zero-order valence-corrected chi connectivity index (χ0v) is 12.0. The quantitative estimate of drug-likeness (QED) is 0.779. The molecule has 104 valence electrons. The van der Waals surface area contributed by atoms with Gasteiger partial charge in [-0.3, -0.25) is 4.79 Å². The fraction of sp³-hybridized carbons (Fsp3) is 0.235. The van der Waals surface area contributed by atoms with E-state index in [9.17, 15) is 4.79 Å². The molecule has 0 aliphatic rings. The van der Waals surface area contributed by atoms with E-state index in [4.69, 9.17) is 9.47 Å². The molecule has 0 aliphatic carbocycles. The molecule has 0 atom stereocenters. The van der Waals surface area contributed by atoms with Crippen LogP contribution in [0.1, 0.15) is 21.5 Å². The fourth-order valence-corrected chi connectivity index (χ4v) is 1.98. The van der Waals surface area contributed by atoms with Crippen LogP contribution >= 0.6 is 0 Å². The zero-order chi connectivity index (χ0) is 14.5. The first-order valence-corrected chi connectivity index (χ1v) is 6.48. The first-order chi connectivity index (χ1) is 9.63. The van der Waals surface area contributed by atoms with E-state index >= 15 is 0 Å². The third-order valence-corrected chi connectivity index (χ3v) is 3.32. The molecule has 0 spiro atoms. The standard InChI is InChI=1S/C17H18O3/c1-12-7-6-10-16(13(12)2)20-11-15(18)14-8-4-5-9-17(14)19-3/h4-10H,11H2,1-3H3. The molecular weight excluding hydrogens is 252 g/mol. The van der Waals surface area contributed by atoms with Gasteiger partial charge in [-0.2, -0.15) is 0 Å². The number of rotatable bonds is 5. The Morgan fingerprint density at radius 1 is 1.00 bits per heavy atom. The van der Waals surface area contributed by atoms with Crippen molar-refractivity contribution in [2.75, 3.05) is 13.7 Å². The minimum absolute atomic E-state index is 0.00463. The van der Waals surface area contributed by atoms with Crippen molar-refractivity contribution in [2.45, 2.75) is 13.8 Å². The largest absolute Gasteiger partial charge is 0.496 e. The molecule has 0 saturated heterocycles. The number of hydrogen-bond donors (Lipinski definition) is 0. The summed E-state index contributed by atoms with van der Waals surface area (Å²) in [5.41, 5.74) is 2.74. The van der Waals surface area contributed by atoms with Crippen LogP contribution in [-0.2, 0) is 0 Å². The number of carbonyl (C=O) groups is 1. The molecule has 0 bridgehead atoms. The van der Waals surface area contributed by atoms with Crippen LogP contribution in [0.5, 0.6) is 11.5 Å². The summed E-state index contributed by atoms with van der Waals surface area (Å²) in [7, 11) is 1.55. The van der Waals surface area contributed by atoms with Gasteiger partial charge in [-0.25, -0.2) is 0 Å². The molecule has 3 heteroatoms. The molecule has 0 fully saturated rings. The molecule has 0 aliphatic heterocycles. The number of benzene rings is 2. The predicted molar refractivity (Wildman–Crippen MR) is 78.7 cm³/mol. The Kier molecular flexibility index (Phi) is 4.41. The molecule has 20 heavy (non-hydrogen) atoms. The maximum absolute atomic E-state index is 12.2. The molecule has 2 aromatic rings. The molecule has 0 heterocycles. The smallest absolute Gasteiger partial charge is 0.203 e. The molecule has 0 saturated carbocycles. The minimum Gasteiger partial charge on any atom is -0.496 e. The van der Waals surface area contributed by atoms with Gasteiger partial charge in [0, 0.05) is 0 Å². The molecule has 2 rings (SSSR count). The first kappa shape index (κ1) is 14.1. The molecule has 2 aromatic carbocycles. The summed E-state index contributed by atoms with van der Waals surface area (Å²) in [5.74, 6) is 1.22. The molecule has 0 unspecified atom stereocenters. The van der Waals surface area contributed by atoms with E-state index < -0.39 is 0 Å². The highest BCUT2D eigenvalue weighted by Crippen LogP contribution is 2.22. The lowest BCUT2D eigenvalue weighted by Crippen LogP contribution is -2.13. The van der Waals surface area contributed by atoms with Gasteiger partial charge in [-0.1, -0.05) is 24.3 Å². The van der Waals surface area contributed by atoms with Crippen molar-refractivity contribution in [2.24, 2.45) is 0 Å². The number of hydrogen-bond acceptors (Lipinski definition) is 3. The van der Waals surface area contributed by atoms with Gasteiger partial charge in [0.2, 0.25) is 5.78 Å². The molecule has 0 N–H and O–H groups in total. The van der Waals surface area contributed by atoms with Crippen LogP contribution in [0.15, 0.2) is 42.5 Å². The van der Waals surface area contributed by atoms with Gasteiger partial charge < -0.3 is 9.47 Å². The Labute approximate surface area is 119 Å². The van der Waals surface area contributed by atoms with E-state index in [1.807, 2.05) is 44.2 Å². The van der Waals surface area contributed by atoms with Crippen LogP contribution in [0.3, 0.4) is 0 Å². The van der Waals surface area contributed by atoms with Gasteiger partial charge in [-0.15, -0.1) is 0 Å². The monoisotopic (exact) mass is 270 g/mol. The maximum Gasteiger partial charge on any atom is 0.203 e. The van der Waals surface area contributed by atoms with Crippen LogP contribution in [0.4, 0.5) is 0 Å². The van der Waals surface area contributed by atoms with Gasteiger partial charge in [0.1, 0.15) is 11.5 Å². The molecular formula is C17H18O3. The predicted octanol–water partition coefficient (Wildman–Crippen LogP) is 3.57. The number of methoxy groups -OCH3 is 1. The Hall–Kier alpha value is -2.29. The normalized spacial score (nSPS) is 10.2. The fourth-order valence-electron chi connectivity index (χ4n) is 1.98. The van der Waals surface area contributed by atoms with Crippen molar-refractivity contribution < 1.29 is 14.3 Å². The SMILES string of the molecule is COc1ccccc1C(=O)COc1cccc(C)c1C. The van der Waals surface area contributed by atoms with Crippen LogP contribution in [0.2, 0.25) is 0 Å². The number of Topliss-reactive ketones (excluding diaryl/α,β-unsaturated/α-hetero) is 1. The van der Waals surface area contributed by atoms with Gasteiger partial charge in [-0.05, 0) is 43.2 Å². The lowest BCUT2D eigenvalue weighted by Gasteiger charge is -2.11. The van der Waals surface area contributed by atoms with E-state index in [0.717, 1.165) is 16.9 Å². The number of para-hydroxylation sites is 1. The van der Waals surface area contributed by atoms with Crippen LogP contribution in [0, 0.1) is 13.8 Å². The van der Waals surface area contributed by atoms with Crippen molar-refractivity contribution in [1.82, 2.24) is 0 Å². The summed E-state index contributed by atoms with van der Waals surface area (Å²) < 4.78 is 10.8. The Morgan fingerprint density at radius 2 is 1.70 bits per heavy atom. The van der Waals surface area contributed by atoms with Gasteiger partial charge in [0.05, 0.1) is 12.7 Å². The Balaban J connectivity index is 2.11. The third kappa shape index (κ3) is 2.99. The Bertz CT molecular complexity index is 617. The summed E-state index contributed by atoms with van der Waals surface area (Å²) in [6.07, 6.45) is 0. The number of aryl methyl sites for hydroxylation is 1. The number of ether oxygens (including phenoxy) is 2. The van der Waals surface area contributed by atoms with E-state index in [1.165, 1.54) is 0 Å². The second-order valence-electron chi connectivity index (χ2n) is 4.61. The van der Waals surface area contributed by atoms with E-state index in [1.54, 1.807) is 19.2 Å². The van der Waals surface area contributed by atoms with E-state index in [0.29, 0.717) is 11.3 Å². The van der Waals surface area contributed by atoms with Crippen LogP contribution in [-0.4, -0.2) is 19.5 Å².